The van der Waals surface area contributed by atoms with E-state index in [0.717, 1.165) is 0 Å². The highest BCUT2D eigenvalue weighted by Gasteiger charge is 2.13. The lowest BCUT2D eigenvalue weighted by molar-refractivity contribution is -0.0498. The van der Waals surface area contributed by atoms with Crippen LogP contribution in [-0.4, -0.2) is 17.7 Å². The molecule has 0 bridgehead atoms. The van der Waals surface area contributed by atoms with E-state index in [1.54, 1.807) is 18.2 Å². The molecule has 0 saturated carbocycles. The van der Waals surface area contributed by atoms with Crippen molar-refractivity contribution < 1.29 is 27.8 Å². The van der Waals surface area contributed by atoms with Crippen LogP contribution in [0.5, 0.6) is 5.75 Å². The Bertz CT molecular complexity index is 580. The molecule has 0 atom stereocenters. The molecule has 0 amide bonds. The van der Waals surface area contributed by atoms with Gasteiger partial charge in [0.1, 0.15) is 5.75 Å². The Labute approximate surface area is 112 Å². The molecule has 2 N–H and O–H groups in total. The summed E-state index contributed by atoms with van der Waals surface area (Å²) >= 11 is 0. The van der Waals surface area contributed by atoms with Gasteiger partial charge in [0.25, 0.3) is 0 Å². The van der Waals surface area contributed by atoms with Gasteiger partial charge in [-0.1, -0.05) is 0 Å². The maximum absolute atomic E-state index is 12.0. The number of furan rings is 1. The lowest BCUT2D eigenvalue weighted by Gasteiger charge is -2.07. The van der Waals surface area contributed by atoms with Crippen LogP contribution in [-0.2, 0) is 6.54 Å². The SMILES string of the molecule is O=C(O)c1occc1CNc1ccc(OC(F)F)cc1. The maximum atomic E-state index is 12.0. The van der Waals surface area contributed by atoms with Crippen molar-refractivity contribution in [1.29, 1.82) is 0 Å². The molecule has 0 radical (unpaired) electrons. The van der Waals surface area contributed by atoms with E-state index in [0.29, 0.717) is 11.3 Å². The molecule has 0 fully saturated rings. The van der Waals surface area contributed by atoms with E-state index < -0.39 is 12.6 Å². The van der Waals surface area contributed by atoms with Gasteiger partial charge >= 0.3 is 12.6 Å². The molecule has 0 saturated heterocycles. The number of ether oxygens (including phenoxy) is 1. The van der Waals surface area contributed by atoms with Crippen molar-refractivity contribution in [3.05, 3.63) is 47.9 Å². The van der Waals surface area contributed by atoms with Gasteiger partial charge in [-0.25, -0.2) is 4.79 Å². The third kappa shape index (κ3) is 3.47. The van der Waals surface area contributed by atoms with Gasteiger partial charge in [-0.15, -0.1) is 0 Å². The van der Waals surface area contributed by atoms with E-state index in [1.807, 2.05) is 0 Å². The number of carboxylic acid groups (broad SMARTS) is 1. The second-order valence-corrected chi connectivity index (χ2v) is 3.84. The van der Waals surface area contributed by atoms with Crippen LogP contribution in [0.1, 0.15) is 16.1 Å². The highest BCUT2D eigenvalue weighted by Crippen LogP contribution is 2.19. The highest BCUT2D eigenvalue weighted by atomic mass is 19.3. The van der Waals surface area contributed by atoms with E-state index in [-0.39, 0.29) is 18.1 Å². The smallest absolute Gasteiger partial charge is 0.387 e. The number of carbonyl (C=O) groups is 1. The number of aromatic carboxylic acids is 1. The Hall–Kier alpha value is -2.57. The average Bonchev–Trinajstić information content (AvgIpc) is 2.86. The molecule has 2 aromatic rings. The minimum atomic E-state index is -2.86. The van der Waals surface area contributed by atoms with Crippen LogP contribution in [0.25, 0.3) is 0 Å². The van der Waals surface area contributed by atoms with Crippen molar-refractivity contribution in [3.63, 3.8) is 0 Å². The van der Waals surface area contributed by atoms with E-state index >= 15 is 0 Å². The van der Waals surface area contributed by atoms with Gasteiger partial charge in [-0.2, -0.15) is 8.78 Å². The monoisotopic (exact) mass is 283 g/mol. The summed E-state index contributed by atoms with van der Waals surface area (Å²) < 4.78 is 33.0. The molecule has 2 rings (SSSR count). The van der Waals surface area contributed by atoms with Gasteiger partial charge in [-0.05, 0) is 30.3 Å². The molecule has 0 unspecified atom stereocenters. The van der Waals surface area contributed by atoms with Crippen LogP contribution < -0.4 is 10.1 Å². The molecular weight excluding hydrogens is 272 g/mol. The molecule has 1 heterocycles. The van der Waals surface area contributed by atoms with Crippen LogP contribution in [0.3, 0.4) is 0 Å². The quantitative estimate of drug-likeness (QED) is 0.851. The largest absolute Gasteiger partial charge is 0.475 e. The Kier molecular flexibility index (Phi) is 4.19. The van der Waals surface area contributed by atoms with Crippen LogP contribution in [0.4, 0.5) is 14.5 Å². The fourth-order valence-corrected chi connectivity index (χ4v) is 1.61. The second kappa shape index (κ2) is 6.05. The molecule has 0 aliphatic rings. The molecule has 20 heavy (non-hydrogen) atoms. The second-order valence-electron chi connectivity index (χ2n) is 3.84. The zero-order valence-corrected chi connectivity index (χ0v) is 10.2. The topological polar surface area (TPSA) is 71.7 Å². The summed E-state index contributed by atoms with van der Waals surface area (Å²) in [6, 6.07) is 7.44. The number of nitrogens with one attached hydrogen (secondary N) is 1. The minimum absolute atomic E-state index is 0.0556. The van der Waals surface area contributed by atoms with Gasteiger partial charge in [0.2, 0.25) is 5.76 Å². The molecule has 1 aromatic heterocycles. The van der Waals surface area contributed by atoms with E-state index in [1.165, 1.54) is 18.4 Å². The zero-order chi connectivity index (χ0) is 14.5. The number of halogens is 2. The first kappa shape index (κ1) is 13.9. The number of hydrogen-bond donors (Lipinski definition) is 2. The van der Waals surface area contributed by atoms with Crippen LogP contribution in [0.2, 0.25) is 0 Å². The van der Waals surface area contributed by atoms with Gasteiger partial charge < -0.3 is 19.6 Å². The predicted octanol–water partition coefficient (Wildman–Crippen LogP) is 3.19. The Morgan fingerprint density at radius 3 is 2.60 bits per heavy atom. The molecule has 1 aromatic carbocycles. The van der Waals surface area contributed by atoms with Crippen molar-refractivity contribution in [2.75, 3.05) is 5.32 Å². The summed E-state index contributed by atoms with van der Waals surface area (Å²) in [4.78, 5) is 10.8. The van der Waals surface area contributed by atoms with Gasteiger partial charge in [-0.3, -0.25) is 0 Å². The number of benzene rings is 1. The third-order valence-electron chi connectivity index (χ3n) is 2.50. The maximum Gasteiger partial charge on any atom is 0.387 e. The van der Waals surface area contributed by atoms with Crippen molar-refractivity contribution in [2.45, 2.75) is 13.2 Å². The summed E-state index contributed by atoms with van der Waals surface area (Å²) in [5, 5.41) is 11.8. The number of rotatable bonds is 6. The highest BCUT2D eigenvalue weighted by molar-refractivity contribution is 5.86. The van der Waals surface area contributed by atoms with E-state index in [2.05, 4.69) is 10.1 Å². The fraction of sp³-hybridized carbons (Fsp3) is 0.154. The molecule has 5 nitrogen and oxygen atoms in total. The lowest BCUT2D eigenvalue weighted by atomic mass is 10.2. The van der Waals surface area contributed by atoms with E-state index in [9.17, 15) is 13.6 Å². The summed E-state index contributed by atoms with van der Waals surface area (Å²) in [6.45, 7) is -2.62. The summed E-state index contributed by atoms with van der Waals surface area (Å²) in [5.74, 6) is -1.22. The Morgan fingerprint density at radius 2 is 2.00 bits per heavy atom. The van der Waals surface area contributed by atoms with Crippen LogP contribution in [0, 0.1) is 0 Å². The van der Waals surface area contributed by atoms with Gasteiger partial charge in [0.15, 0.2) is 0 Å². The molecule has 0 spiro atoms. The molecule has 106 valence electrons. The number of anilines is 1. The normalized spacial score (nSPS) is 10.6. The van der Waals surface area contributed by atoms with Crippen molar-refractivity contribution in [2.24, 2.45) is 0 Å². The predicted molar refractivity (Wildman–Crippen MR) is 66.1 cm³/mol. The van der Waals surface area contributed by atoms with Crippen molar-refractivity contribution in [1.82, 2.24) is 0 Å². The first-order valence-corrected chi connectivity index (χ1v) is 5.64. The van der Waals surface area contributed by atoms with Crippen molar-refractivity contribution in [3.8, 4) is 5.75 Å². The van der Waals surface area contributed by atoms with Gasteiger partial charge in [0.05, 0.1) is 6.26 Å². The Morgan fingerprint density at radius 1 is 1.30 bits per heavy atom. The first-order valence-electron chi connectivity index (χ1n) is 5.64. The molecular formula is C13H11F2NO4. The number of hydrogen-bond acceptors (Lipinski definition) is 4. The fourth-order valence-electron chi connectivity index (χ4n) is 1.61. The standard InChI is InChI=1S/C13H11F2NO4/c14-13(15)20-10-3-1-9(2-4-10)16-7-8-5-6-19-11(8)12(17)18/h1-6,13,16H,7H2,(H,17,18). The number of alkyl halides is 2. The first-order chi connectivity index (χ1) is 9.56. The number of carboxylic acids is 1. The van der Waals surface area contributed by atoms with Crippen LogP contribution >= 0.6 is 0 Å². The van der Waals surface area contributed by atoms with E-state index in [4.69, 9.17) is 9.52 Å². The summed E-state index contributed by atoms with van der Waals surface area (Å²) in [5.41, 5.74) is 1.13. The minimum Gasteiger partial charge on any atom is -0.475 e. The van der Waals surface area contributed by atoms with Crippen LogP contribution in [0.15, 0.2) is 41.0 Å². The summed E-state index contributed by atoms with van der Waals surface area (Å²) in [6.07, 6.45) is 1.29. The zero-order valence-electron chi connectivity index (χ0n) is 10.2. The van der Waals surface area contributed by atoms with Crippen molar-refractivity contribution >= 4 is 11.7 Å². The summed E-state index contributed by atoms with van der Waals surface area (Å²) in [7, 11) is 0. The third-order valence-corrected chi connectivity index (χ3v) is 2.50. The van der Waals surface area contributed by atoms with Gasteiger partial charge in [0, 0.05) is 17.8 Å². The Balaban J connectivity index is 1.97. The molecule has 0 aliphatic carbocycles. The molecule has 0 aliphatic heterocycles. The lowest BCUT2D eigenvalue weighted by Crippen LogP contribution is -2.05. The molecule has 7 heteroatoms. The average molecular weight is 283 g/mol.